The SMILES string of the molecule is CCCN1CCN(C(=O)c2cnccn2)C[C@@H](Cc2ccc(-c3cccs3)cc2)C1=O. The van der Waals surface area contributed by atoms with Crippen molar-refractivity contribution in [2.75, 3.05) is 26.2 Å². The molecule has 1 aromatic carbocycles. The molecule has 0 bridgehead atoms. The fourth-order valence-corrected chi connectivity index (χ4v) is 4.71. The second kappa shape index (κ2) is 9.83. The second-order valence-corrected chi connectivity index (χ2v) is 8.69. The maximum Gasteiger partial charge on any atom is 0.274 e. The lowest BCUT2D eigenvalue weighted by Gasteiger charge is -2.23. The molecule has 2 amide bonds. The van der Waals surface area contributed by atoms with Crippen molar-refractivity contribution < 1.29 is 9.59 Å². The fraction of sp³-hybridized carbons (Fsp3) is 0.333. The molecule has 1 aliphatic heterocycles. The van der Waals surface area contributed by atoms with E-state index in [0.29, 0.717) is 38.3 Å². The number of carbonyl (C=O) groups is 2. The first kappa shape index (κ1) is 21.2. The number of hydrogen-bond acceptors (Lipinski definition) is 5. The van der Waals surface area contributed by atoms with Crippen molar-refractivity contribution in [3.8, 4) is 10.4 Å². The fourth-order valence-electron chi connectivity index (χ4n) is 3.98. The predicted molar refractivity (Wildman–Crippen MR) is 122 cm³/mol. The molecule has 1 fully saturated rings. The van der Waals surface area contributed by atoms with Crippen LogP contribution in [0.4, 0.5) is 0 Å². The lowest BCUT2D eigenvalue weighted by atomic mass is 9.96. The first-order valence-electron chi connectivity index (χ1n) is 10.6. The van der Waals surface area contributed by atoms with Crippen molar-refractivity contribution in [3.05, 3.63) is 71.6 Å². The van der Waals surface area contributed by atoms with Gasteiger partial charge in [-0.05, 0) is 35.4 Å². The molecule has 6 nitrogen and oxygen atoms in total. The molecular weight excluding hydrogens is 408 g/mol. The van der Waals surface area contributed by atoms with Crippen LogP contribution in [0.25, 0.3) is 10.4 Å². The molecule has 31 heavy (non-hydrogen) atoms. The van der Waals surface area contributed by atoms with Crippen molar-refractivity contribution in [3.63, 3.8) is 0 Å². The summed E-state index contributed by atoms with van der Waals surface area (Å²) in [7, 11) is 0. The number of rotatable bonds is 6. The van der Waals surface area contributed by atoms with Gasteiger partial charge in [0, 0.05) is 43.4 Å². The summed E-state index contributed by atoms with van der Waals surface area (Å²) in [5.41, 5.74) is 2.60. The van der Waals surface area contributed by atoms with Crippen LogP contribution in [0.3, 0.4) is 0 Å². The molecule has 1 saturated heterocycles. The summed E-state index contributed by atoms with van der Waals surface area (Å²) in [4.78, 5) is 39.3. The van der Waals surface area contributed by atoms with Crippen LogP contribution in [0.5, 0.6) is 0 Å². The summed E-state index contributed by atoms with van der Waals surface area (Å²) >= 11 is 1.71. The molecule has 3 aromatic rings. The predicted octanol–water partition coefficient (Wildman–Crippen LogP) is 3.76. The standard InChI is InChI=1S/C24H26N4O2S/c1-2-11-27-12-13-28(24(30)21-16-25-9-10-26-21)17-20(23(27)29)15-18-5-7-19(8-6-18)22-4-3-14-31-22/h3-10,14,16,20H,2,11-13,15,17H2,1H3/t20-/m1/s1. The average molecular weight is 435 g/mol. The summed E-state index contributed by atoms with van der Waals surface area (Å²) in [5, 5.41) is 2.07. The van der Waals surface area contributed by atoms with Crippen LogP contribution in [0.15, 0.2) is 60.4 Å². The van der Waals surface area contributed by atoms with Crippen molar-refractivity contribution in [1.82, 2.24) is 19.8 Å². The van der Waals surface area contributed by atoms with E-state index < -0.39 is 0 Å². The Labute approximate surface area is 186 Å². The van der Waals surface area contributed by atoms with Gasteiger partial charge in [-0.15, -0.1) is 11.3 Å². The van der Waals surface area contributed by atoms with Gasteiger partial charge in [-0.3, -0.25) is 14.6 Å². The van der Waals surface area contributed by atoms with Gasteiger partial charge in [0.15, 0.2) is 0 Å². The van der Waals surface area contributed by atoms with Gasteiger partial charge < -0.3 is 9.80 Å². The Hall–Kier alpha value is -3.06. The van der Waals surface area contributed by atoms with Gasteiger partial charge >= 0.3 is 0 Å². The van der Waals surface area contributed by atoms with Crippen molar-refractivity contribution >= 4 is 23.2 Å². The van der Waals surface area contributed by atoms with Crippen LogP contribution in [0, 0.1) is 5.92 Å². The maximum atomic E-state index is 13.3. The smallest absolute Gasteiger partial charge is 0.274 e. The molecule has 0 N–H and O–H groups in total. The number of nitrogens with zero attached hydrogens (tertiary/aromatic N) is 4. The number of carbonyl (C=O) groups excluding carboxylic acids is 2. The molecule has 3 heterocycles. The summed E-state index contributed by atoms with van der Waals surface area (Å²) in [6.45, 7) is 4.22. The molecule has 0 spiro atoms. The van der Waals surface area contributed by atoms with Gasteiger partial charge in [0.2, 0.25) is 5.91 Å². The minimum atomic E-state index is -0.276. The summed E-state index contributed by atoms with van der Waals surface area (Å²) in [6.07, 6.45) is 6.05. The van der Waals surface area contributed by atoms with Crippen LogP contribution in [-0.2, 0) is 11.2 Å². The number of thiophene rings is 1. The first-order valence-corrected chi connectivity index (χ1v) is 11.5. The van der Waals surface area contributed by atoms with Crippen molar-refractivity contribution in [2.24, 2.45) is 5.92 Å². The molecular formula is C24H26N4O2S. The van der Waals surface area contributed by atoms with E-state index in [1.165, 1.54) is 22.8 Å². The Bertz CT molecular complexity index is 1010. The third kappa shape index (κ3) is 4.99. The van der Waals surface area contributed by atoms with Gasteiger partial charge in [-0.25, -0.2) is 4.98 Å². The van der Waals surface area contributed by atoms with E-state index in [4.69, 9.17) is 0 Å². The zero-order valence-electron chi connectivity index (χ0n) is 17.6. The Morgan fingerprint density at radius 1 is 1.16 bits per heavy atom. The molecule has 1 aliphatic rings. The first-order chi connectivity index (χ1) is 15.2. The van der Waals surface area contributed by atoms with Gasteiger partial charge in [0.05, 0.1) is 12.1 Å². The number of hydrogen-bond donors (Lipinski definition) is 0. The molecule has 1 atom stereocenters. The van der Waals surface area contributed by atoms with E-state index in [-0.39, 0.29) is 17.7 Å². The topological polar surface area (TPSA) is 66.4 Å². The highest BCUT2D eigenvalue weighted by Crippen LogP contribution is 2.26. The van der Waals surface area contributed by atoms with Crippen LogP contribution in [0.2, 0.25) is 0 Å². The number of aromatic nitrogens is 2. The van der Waals surface area contributed by atoms with Crippen LogP contribution >= 0.6 is 11.3 Å². The highest BCUT2D eigenvalue weighted by molar-refractivity contribution is 7.13. The molecule has 7 heteroatoms. The second-order valence-electron chi connectivity index (χ2n) is 7.74. The molecule has 0 radical (unpaired) electrons. The molecule has 160 valence electrons. The molecule has 0 aliphatic carbocycles. The van der Waals surface area contributed by atoms with Gasteiger partial charge in [0.25, 0.3) is 5.91 Å². The highest BCUT2D eigenvalue weighted by Gasteiger charge is 2.32. The third-order valence-electron chi connectivity index (χ3n) is 5.55. The molecule has 4 rings (SSSR count). The largest absolute Gasteiger partial charge is 0.341 e. The van der Waals surface area contributed by atoms with E-state index in [2.05, 4.69) is 52.6 Å². The van der Waals surface area contributed by atoms with Crippen molar-refractivity contribution in [1.29, 1.82) is 0 Å². The lowest BCUT2D eigenvalue weighted by molar-refractivity contribution is -0.134. The zero-order valence-corrected chi connectivity index (χ0v) is 18.4. The van der Waals surface area contributed by atoms with Crippen molar-refractivity contribution in [2.45, 2.75) is 19.8 Å². The monoisotopic (exact) mass is 434 g/mol. The molecule has 2 aromatic heterocycles. The Balaban J connectivity index is 1.53. The van der Waals surface area contributed by atoms with Crippen LogP contribution < -0.4 is 0 Å². The number of amides is 2. The zero-order chi connectivity index (χ0) is 21.6. The number of benzene rings is 1. The molecule has 0 saturated carbocycles. The lowest BCUT2D eigenvalue weighted by Crippen LogP contribution is -2.38. The normalized spacial score (nSPS) is 16.9. The summed E-state index contributed by atoms with van der Waals surface area (Å²) in [6, 6.07) is 12.5. The van der Waals surface area contributed by atoms with Gasteiger partial charge in [0.1, 0.15) is 5.69 Å². The Kier molecular flexibility index (Phi) is 6.72. The Morgan fingerprint density at radius 3 is 2.68 bits per heavy atom. The minimum Gasteiger partial charge on any atom is -0.341 e. The summed E-state index contributed by atoms with van der Waals surface area (Å²) < 4.78 is 0. The average Bonchev–Trinajstić information content (AvgIpc) is 3.30. The van der Waals surface area contributed by atoms with Gasteiger partial charge in [-0.1, -0.05) is 37.3 Å². The van der Waals surface area contributed by atoms with E-state index in [1.54, 1.807) is 22.4 Å². The van der Waals surface area contributed by atoms with E-state index in [9.17, 15) is 9.59 Å². The minimum absolute atomic E-state index is 0.124. The molecule has 0 unspecified atom stereocenters. The van der Waals surface area contributed by atoms with E-state index >= 15 is 0 Å². The van der Waals surface area contributed by atoms with E-state index in [0.717, 1.165) is 12.0 Å². The third-order valence-corrected chi connectivity index (χ3v) is 6.47. The quantitative estimate of drug-likeness (QED) is 0.593. The highest BCUT2D eigenvalue weighted by atomic mass is 32.1. The van der Waals surface area contributed by atoms with E-state index in [1.807, 2.05) is 11.0 Å². The Morgan fingerprint density at radius 2 is 2.00 bits per heavy atom. The summed E-state index contributed by atoms with van der Waals surface area (Å²) in [5.74, 6) is -0.321. The van der Waals surface area contributed by atoms with Crippen LogP contribution in [0.1, 0.15) is 29.4 Å². The van der Waals surface area contributed by atoms with Gasteiger partial charge in [-0.2, -0.15) is 0 Å². The maximum absolute atomic E-state index is 13.3. The van der Waals surface area contributed by atoms with Crippen LogP contribution in [-0.4, -0.2) is 57.8 Å².